The van der Waals surface area contributed by atoms with Gasteiger partial charge in [0.15, 0.2) is 6.61 Å². The van der Waals surface area contributed by atoms with Gasteiger partial charge in [-0.2, -0.15) is 0 Å². The number of esters is 1. The van der Waals surface area contributed by atoms with Gasteiger partial charge in [-0.25, -0.2) is 0 Å². The number of carbonyl (C=O) groups is 3. The van der Waals surface area contributed by atoms with Gasteiger partial charge >= 0.3 is 5.97 Å². The lowest BCUT2D eigenvalue weighted by molar-refractivity contribution is -0.147. The van der Waals surface area contributed by atoms with Gasteiger partial charge in [0.05, 0.1) is 11.4 Å². The Hall–Kier alpha value is -2.80. The van der Waals surface area contributed by atoms with Gasteiger partial charge < -0.3 is 10.1 Å². The summed E-state index contributed by atoms with van der Waals surface area (Å²) in [7, 11) is 0. The molecule has 1 N–H and O–H groups in total. The summed E-state index contributed by atoms with van der Waals surface area (Å²) in [6.45, 7) is 4.62. The number of rotatable bonds is 5. The van der Waals surface area contributed by atoms with Gasteiger partial charge in [0.1, 0.15) is 10.8 Å². The van der Waals surface area contributed by atoms with E-state index in [9.17, 15) is 14.4 Å². The molecular formula is C21H22N2O4S. The van der Waals surface area contributed by atoms with Crippen LogP contribution in [0.3, 0.4) is 0 Å². The van der Waals surface area contributed by atoms with Crippen molar-refractivity contribution in [3.8, 4) is 0 Å². The molecule has 0 saturated carbocycles. The molecule has 1 aliphatic rings. The average molecular weight is 398 g/mol. The number of anilines is 2. The SMILES string of the molecule is C[C@H](Sc1ccccc1)C(=O)OCC(=O)N1c2ccccc2NC(=O)C1(C)C. The van der Waals surface area contributed by atoms with Crippen LogP contribution in [0.1, 0.15) is 20.8 Å². The van der Waals surface area contributed by atoms with Crippen LogP contribution in [0.15, 0.2) is 59.5 Å². The number of thioether (sulfide) groups is 1. The summed E-state index contributed by atoms with van der Waals surface area (Å²) < 4.78 is 5.25. The number of nitrogens with zero attached hydrogens (tertiary/aromatic N) is 1. The van der Waals surface area contributed by atoms with Crippen molar-refractivity contribution in [3.63, 3.8) is 0 Å². The molecule has 0 unspecified atom stereocenters. The zero-order chi connectivity index (χ0) is 20.3. The number of amides is 2. The molecule has 0 aromatic heterocycles. The summed E-state index contributed by atoms with van der Waals surface area (Å²) in [4.78, 5) is 39.9. The lowest BCUT2D eigenvalue weighted by Gasteiger charge is -2.41. The van der Waals surface area contributed by atoms with Crippen LogP contribution < -0.4 is 10.2 Å². The Balaban J connectivity index is 1.68. The van der Waals surface area contributed by atoms with Gasteiger partial charge in [0, 0.05) is 4.90 Å². The van der Waals surface area contributed by atoms with Crippen molar-refractivity contribution in [3.05, 3.63) is 54.6 Å². The molecule has 6 nitrogen and oxygen atoms in total. The van der Waals surface area contributed by atoms with E-state index < -0.39 is 29.3 Å². The fraction of sp³-hybridized carbons (Fsp3) is 0.286. The molecule has 0 radical (unpaired) electrons. The molecule has 28 heavy (non-hydrogen) atoms. The smallest absolute Gasteiger partial charge is 0.319 e. The number of para-hydroxylation sites is 2. The van der Waals surface area contributed by atoms with Crippen LogP contribution in [0.2, 0.25) is 0 Å². The predicted octanol–water partition coefficient (Wildman–Crippen LogP) is 3.47. The lowest BCUT2D eigenvalue weighted by atomic mass is 9.96. The Kier molecular flexibility index (Phi) is 5.74. The number of nitrogens with one attached hydrogen (secondary N) is 1. The molecule has 0 saturated heterocycles. The van der Waals surface area contributed by atoms with Crippen LogP contribution in [-0.4, -0.2) is 35.2 Å². The molecule has 1 atom stereocenters. The molecule has 0 aliphatic carbocycles. The third-order valence-electron chi connectivity index (χ3n) is 4.48. The molecule has 1 heterocycles. The van der Waals surface area contributed by atoms with Crippen molar-refractivity contribution in [1.29, 1.82) is 0 Å². The number of benzene rings is 2. The van der Waals surface area contributed by atoms with E-state index in [2.05, 4.69) is 5.32 Å². The second kappa shape index (κ2) is 8.06. The maximum absolute atomic E-state index is 12.9. The Morgan fingerprint density at radius 3 is 2.46 bits per heavy atom. The summed E-state index contributed by atoms with van der Waals surface area (Å²) >= 11 is 1.36. The highest BCUT2D eigenvalue weighted by atomic mass is 32.2. The monoisotopic (exact) mass is 398 g/mol. The first-order valence-corrected chi connectivity index (χ1v) is 9.80. The van der Waals surface area contributed by atoms with Gasteiger partial charge in [-0.15, -0.1) is 11.8 Å². The van der Waals surface area contributed by atoms with Crippen molar-refractivity contribution >= 4 is 40.9 Å². The quantitative estimate of drug-likeness (QED) is 0.616. The largest absolute Gasteiger partial charge is 0.455 e. The minimum atomic E-state index is -1.09. The maximum atomic E-state index is 12.9. The highest BCUT2D eigenvalue weighted by molar-refractivity contribution is 8.00. The summed E-state index contributed by atoms with van der Waals surface area (Å²) in [5, 5.41) is 2.34. The molecule has 0 fully saturated rings. The molecule has 0 spiro atoms. The number of ether oxygens (including phenoxy) is 1. The normalized spacial score (nSPS) is 16.0. The van der Waals surface area contributed by atoms with E-state index >= 15 is 0 Å². The maximum Gasteiger partial charge on any atom is 0.319 e. The van der Waals surface area contributed by atoms with Crippen molar-refractivity contribution in [1.82, 2.24) is 0 Å². The molecule has 2 aromatic rings. The van der Waals surface area contributed by atoms with Gasteiger partial charge in [-0.05, 0) is 45.0 Å². The Morgan fingerprint density at radius 1 is 1.11 bits per heavy atom. The van der Waals surface area contributed by atoms with Crippen LogP contribution in [0.5, 0.6) is 0 Å². The van der Waals surface area contributed by atoms with Gasteiger partial charge in [-0.3, -0.25) is 19.3 Å². The fourth-order valence-electron chi connectivity index (χ4n) is 2.96. The zero-order valence-electron chi connectivity index (χ0n) is 16.0. The van der Waals surface area contributed by atoms with Crippen LogP contribution in [0.4, 0.5) is 11.4 Å². The van der Waals surface area contributed by atoms with Crippen LogP contribution in [0, 0.1) is 0 Å². The first kappa shape index (κ1) is 19.9. The van der Waals surface area contributed by atoms with E-state index in [4.69, 9.17) is 4.74 Å². The van der Waals surface area contributed by atoms with Crippen LogP contribution in [-0.2, 0) is 19.1 Å². The van der Waals surface area contributed by atoms with Crippen molar-refractivity contribution < 1.29 is 19.1 Å². The number of hydrogen-bond acceptors (Lipinski definition) is 5. The third-order valence-corrected chi connectivity index (χ3v) is 5.57. The minimum absolute atomic E-state index is 0.293. The topological polar surface area (TPSA) is 75.7 Å². The van der Waals surface area contributed by atoms with Crippen LogP contribution in [0.25, 0.3) is 0 Å². The summed E-state index contributed by atoms with van der Waals surface area (Å²) in [5.74, 6) is -1.22. The Bertz CT molecular complexity index is 898. The Morgan fingerprint density at radius 2 is 1.75 bits per heavy atom. The molecule has 0 bridgehead atoms. The molecule has 7 heteroatoms. The first-order chi connectivity index (χ1) is 13.3. The first-order valence-electron chi connectivity index (χ1n) is 8.92. The molecular weight excluding hydrogens is 376 g/mol. The molecule has 2 aromatic carbocycles. The molecule has 2 amide bonds. The van der Waals surface area contributed by atoms with E-state index in [0.717, 1.165) is 4.90 Å². The predicted molar refractivity (Wildman–Crippen MR) is 109 cm³/mol. The summed E-state index contributed by atoms with van der Waals surface area (Å²) in [6, 6.07) is 16.6. The zero-order valence-corrected chi connectivity index (χ0v) is 16.8. The van der Waals surface area contributed by atoms with Gasteiger partial charge in [0.2, 0.25) is 5.91 Å². The molecule has 1 aliphatic heterocycles. The van der Waals surface area contributed by atoms with Gasteiger partial charge in [0.25, 0.3) is 5.91 Å². The van der Waals surface area contributed by atoms with E-state index in [-0.39, 0.29) is 5.91 Å². The number of carbonyl (C=O) groups excluding carboxylic acids is 3. The average Bonchev–Trinajstić information content (AvgIpc) is 2.67. The minimum Gasteiger partial charge on any atom is -0.455 e. The highest BCUT2D eigenvalue weighted by Gasteiger charge is 2.43. The lowest BCUT2D eigenvalue weighted by Crippen LogP contribution is -2.59. The second-order valence-corrected chi connectivity index (χ2v) is 8.35. The number of hydrogen-bond donors (Lipinski definition) is 1. The van der Waals surface area contributed by atoms with Crippen molar-refractivity contribution in [2.24, 2.45) is 0 Å². The third kappa shape index (κ3) is 4.04. The highest BCUT2D eigenvalue weighted by Crippen LogP contribution is 2.36. The number of fused-ring (bicyclic) bond motifs is 1. The second-order valence-electron chi connectivity index (χ2n) is 6.94. The van der Waals surface area contributed by atoms with E-state index in [1.165, 1.54) is 16.7 Å². The van der Waals surface area contributed by atoms with Crippen molar-refractivity contribution in [2.75, 3.05) is 16.8 Å². The molecule has 146 valence electrons. The molecule has 3 rings (SSSR count). The summed E-state index contributed by atoms with van der Waals surface area (Å²) in [5.41, 5.74) is 0.0433. The Labute approximate surface area is 168 Å². The summed E-state index contributed by atoms with van der Waals surface area (Å²) in [6.07, 6.45) is 0. The fourth-order valence-corrected chi connectivity index (χ4v) is 3.85. The van der Waals surface area contributed by atoms with Crippen molar-refractivity contribution in [2.45, 2.75) is 36.5 Å². The van der Waals surface area contributed by atoms with Crippen LogP contribution >= 0.6 is 11.8 Å². The standard InChI is InChI=1S/C21H22N2O4S/c1-14(28-15-9-5-4-6-10-15)19(25)27-13-18(24)23-17-12-8-7-11-16(17)22-20(26)21(23,2)3/h4-12,14H,13H2,1-3H3,(H,22,26)/t14-/m0/s1. The van der Waals surface area contributed by atoms with E-state index in [1.807, 2.05) is 30.3 Å². The van der Waals surface area contributed by atoms with E-state index in [0.29, 0.717) is 11.4 Å². The van der Waals surface area contributed by atoms with Gasteiger partial charge in [-0.1, -0.05) is 30.3 Å². The van der Waals surface area contributed by atoms with E-state index in [1.54, 1.807) is 45.0 Å².